The van der Waals surface area contributed by atoms with E-state index in [1.54, 1.807) is 22.7 Å². The van der Waals surface area contributed by atoms with Gasteiger partial charge in [0.25, 0.3) is 0 Å². The number of anilines is 1. The molecule has 0 N–H and O–H groups in total. The maximum absolute atomic E-state index is 13.6. The predicted octanol–water partition coefficient (Wildman–Crippen LogP) is 6.01. The van der Waals surface area contributed by atoms with Gasteiger partial charge in [-0.3, -0.25) is 4.79 Å². The number of hydrogen-bond donors (Lipinski definition) is 0. The molecule has 10 heteroatoms. The molecule has 2 aliphatic carbocycles. The molecule has 7 nitrogen and oxygen atoms in total. The Hall–Kier alpha value is -2.61. The molecule has 204 valence electrons. The highest BCUT2D eigenvalue weighted by atomic mass is 32.2. The minimum Gasteiger partial charge on any atom is -0.369 e. The molecule has 0 amide bonds. The fourth-order valence-corrected chi connectivity index (χ4v) is 8.92. The van der Waals surface area contributed by atoms with Crippen molar-refractivity contribution in [2.75, 3.05) is 29.5 Å². The molecule has 0 unspecified atom stereocenters. The normalized spacial score (nSPS) is 23.7. The van der Waals surface area contributed by atoms with Crippen LogP contribution in [0, 0.1) is 29.6 Å². The van der Waals surface area contributed by atoms with E-state index in [1.165, 1.54) is 0 Å². The first-order valence-electron chi connectivity index (χ1n) is 13.7. The van der Waals surface area contributed by atoms with E-state index in [0.29, 0.717) is 19.5 Å². The van der Waals surface area contributed by atoms with Crippen LogP contribution in [0.2, 0.25) is 0 Å². The standard InChI is InChI=1S/C29H32N4O3S3/c1-19-31-24(17-37-19)28-32-26(23-5-3-2-4-22(23)25(34)16-29(18-30)10-11-29)27(38-28)20-6-8-21(9-7-20)33-12-14-39(35,36)15-13-33/h6-9,17,22-23H,2-5,10-16H2,1H3/t22-,23-/m1/s1. The fourth-order valence-electron chi connectivity index (χ4n) is 5.94. The number of nitriles is 1. The van der Waals surface area contributed by atoms with Gasteiger partial charge in [0.15, 0.2) is 9.84 Å². The van der Waals surface area contributed by atoms with Crippen LogP contribution in [0.5, 0.6) is 0 Å². The van der Waals surface area contributed by atoms with Crippen LogP contribution in [0.4, 0.5) is 5.69 Å². The number of rotatable bonds is 7. The molecule has 2 aromatic heterocycles. The van der Waals surface area contributed by atoms with Crippen molar-refractivity contribution in [1.29, 1.82) is 5.26 Å². The second kappa shape index (κ2) is 10.4. The van der Waals surface area contributed by atoms with Gasteiger partial charge >= 0.3 is 0 Å². The largest absolute Gasteiger partial charge is 0.369 e. The van der Waals surface area contributed by atoms with Crippen LogP contribution in [0.15, 0.2) is 29.6 Å². The van der Waals surface area contributed by atoms with Gasteiger partial charge < -0.3 is 4.90 Å². The molecule has 3 heterocycles. The Kier molecular flexibility index (Phi) is 7.11. The summed E-state index contributed by atoms with van der Waals surface area (Å²) in [6, 6.07) is 10.7. The highest BCUT2D eigenvalue weighted by Gasteiger charge is 2.47. The van der Waals surface area contributed by atoms with Crippen molar-refractivity contribution in [2.45, 2.75) is 57.8 Å². The first-order valence-corrected chi connectivity index (χ1v) is 17.2. The Bertz CT molecular complexity index is 1520. The van der Waals surface area contributed by atoms with Crippen LogP contribution in [0.1, 0.15) is 61.6 Å². The Morgan fingerprint density at radius 2 is 1.85 bits per heavy atom. The third kappa shape index (κ3) is 5.54. The summed E-state index contributed by atoms with van der Waals surface area (Å²) in [6.45, 7) is 3.01. The number of carbonyl (C=O) groups is 1. The van der Waals surface area contributed by atoms with Crippen molar-refractivity contribution in [3.05, 3.63) is 40.3 Å². The van der Waals surface area contributed by atoms with Gasteiger partial charge in [-0.05, 0) is 50.3 Å². The van der Waals surface area contributed by atoms with Crippen LogP contribution >= 0.6 is 22.7 Å². The minimum absolute atomic E-state index is 0.0347. The highest BCUT2D eigenvalue weighted by molar-refractivity contribution is 7.91. The maximum atomic E-state index is 13.6. The summed E-state index contributed by atoms with van der Waals surface area (Å²) in [7, 11) is -2.94. The van der Waals surface area contributed by atoms with E-state index < -0.39 is 15.3 Å². The summed E-state index contributed by atoms with van der Waals surface area (Å²) in [5, 5.41) is 13.5. The summed E-state index contributed by atoms with van der Waals surface area (Å²) in [6.07, 6.45) is 5.89. The van der Waals surface area contributed by atoms with E-state index in [2.05, 4.69) is 35.2 Å². The quantitative estimate of drug-likeness (QED) is 0.337. The lowest BCUT2D eigenvalue weighted by atomic mass is 9.73. The molecule has 0 radical (unpaired) electrons. The lowest BCUT2D eigenvalue weighted by Gasteiger charge is -2.31. The van der Waals surface area contributed by atoms with Gasteiger partial charge in [-0.2, -0.15) is 5.26 Å². The first kappa shape index (κ1) is 26.6. The third-order valence-corrected chi connectivity index (χ3v) is 12.0. The van der Waals surface area contributed by atoms with Crippen LogP contribution in [-0.4, -0.2) is 48.8 Å². The summed E-state index contributed by atoms with van der Waals surface area (Å²) in [5.74, 6) is 0.527. The van der Waals surface area contributed by atoms with Crippen LogP contribution in [0.25, 0.3) is 21.1 Å². The Morgan fingerprint density at radius 1 is 1.13 bits per heavy atom. The molecule has 1 aromatic carbocycles. The lowest BCUT2D eigenvalue weighted by Crippen LogP contribution is -2.40. The van der Waals surface area contributed by atoms with Gasteiger partial charge in [-0.15, -0.1) is 22.7 Å². The van der Waals surface area contributed by atoms with Crippen molar-refractivity contribution >= 4 is 44.0 Å². The molecule has 1 saturated heterocycles. The zero-order valence-corrected chi connectivity index (χ0v) is 24.5. The molecular weight excluding hydrogens is 549 g/mol. The van der Waals surface area contributed by atoms with E-state index in [4.69, 9.17) is 9.97 Å². The fraction of sp³-hybridized carbons (Fsp3) is 0.517. The number of hydrogen-bond acceptors (Lipinski definition) is 9. The summed E-state index contributed by atoms with van der Waals surface area (Å²) in [5.41, 5.74) is 3.50. The summed E-state index contributed by atoms with van der Waals surface area (Å²) < 4.78 is 23.7. The predicted molar refractivity (Wildman–Crippen MR) is 156 cm³/mol. The topological polar surface area (TPSA) is 104 Å². The second-order valence-corrected chi connectivity index (χ2v) is 15.6. The van der Waals surface area contributed by atoms with Crippen molar-refractivity contribution in [3.8, 4) is 27.2 Å². The zero-order chi connectivity index (χ0) is 27.2. The van der Waals surface area contributed by atoms with Crippen molar-refractivity contribution in [2.24, 2.45) is 11.3 Å². The second-order valence-electron chi connectivity index (χ2n) is 11.2. The van der Waals surface area contributed by atoms with Gasteiger partial charge in [0.05, 0.1) is 38.6 Å². The van der Waals surface area contributed by atoms with Gasteiger partial charge in [-0.1, -0.05) is 25.0 Å². The number of sulfone groups is 1. The van der Waals surface area contributed by atoms with Crippen LogP contribution < -0.4 is 4.90 Å². The number of benzene rings is 1. The summed E-state index contributed by atoms with van der Waals surface area (Å²) >= 11 is 3.24. The molecule has 0 bridgehead atoms. The van der Waals surface area contributed by atoms with Crippen molar-refractivity contribution < 1.29 is 13.2 Å². The first-order chi connectivity index (χ1) is 18.8. The van der Waals surface area contributed by atoms with Crippen LogP contribution in [0.3, 0.4) is 0 Å². The van der Waals surface area contributed by atoms with E-state index in [1.807, 2.05) is 12.3 Å². The highest BCUT2D eigenvalue weighted by Crippen LogP contribution is 2.51. The Balaban J connectivity index is 1.34. The minimum atomic E-state index is -2.94. The summed E-state index contributed by atoms with van der Waals surface area (Å²) in [4.78, 5) is 26.6. The number of aromatic nitrogens is 2. The monoisotopic (exact) mass is 580 g/mol. The number of carbonyl (C=O) groups excluding carboxylic acids is 1. The van der Waals surface area contributed by atoms with Crippen molar-refractivity contribution in [3.63, 3.8) is 0 Å². The molecular formula is C29H32N4O3S3. The molecule has 39 heavy (non-hydrogen) atoms. The molecule has 2 saturated carbocycles. The van der Waals surface area contributed by atoms with E-state index in [9.17, 15) is 18.5 Å². The van der Waals surface area contributed by atoms with Gasteiger partial charge in [-0.25, -0.2) is 18.4 Å². The average molecular weight is 581 g/mol. The molecule has 0 spiro atoms. The molecule has 6 rings (SSSR count). The average Bonchev–Trinajstić information content (AvgIpc) is 3.35. The number of nitrogens with zero attached hydrogens (tertiary/aromatic N) is 4. The lowest BCUT2D eigenvalue weighted by molar-refractivity contribution is -0.125. The SMILES string of the molecule is Cc1nc(-c2nc([C@@H]3CCCC[C@H]3C(=O)CC3(C#N)CC3)c(-c3ccc(N4CCS(=O)(=O)CC4)cc3)s2)cs1. The zero-order valence-electron chi connectivity index (χ0n) is 22.1. The van der Waals surface area contributed by atoms with Crippen molar-refractivity contribution in [1.82, 2.24) is 9.97 Å². The van der Waals surface area contributed by atoms with Gasteiger partial charge in [0.1, 0.15) is 16.5 Å². The van der Waals surface area contributed by atoms with Gasteiger partial charge in [0, 0.05) is 42.4 Å². The van der Waals surface area contributed by atoms with Gasteiger partial charge in [0.2, 0.25) is 0 Å². The number of ketones is 1. The Labute approximate surface area is 237 Å². The molecule has 3 aliphatic rings. The smallest absolute Gasteiger partial charge is 0.153 e. The third-order valence-electron chi connectivity index (χ3n) is 8.46. The molecule has 1 aliphatic heterocycles. The van der Waals surface area contributed by atoms with E-state index >= 15 is 0 Å². The maximum Gasteiger partial charge on any atom is 0.153 e. The number of Topliss-reactive ketones (excluding diaryl/α,β-unsaturated/α-hetero) is 1. The Morgan fingerprint density at radius 3 is 2.49 bits per heavy atom. The van der Waals surface area contributed by atoms with E-state index in [0.717, 1.165) is 76.1 Å². The molecule has 2 atom stereocenters. The number of thiazole rings is 2. The molecule has 3 fully saturated rings. The molecule has 3 aromatic rings. The number of aryl methyl sites for hydroxylation is 1. The van der Waals surface area contributed by atoms with Crippen LogP contribution in [-0.2, 0) is 14.6 Å². The van der Waals surface area contributed by atoms with E-state index in [-0.39, 0.29) is 29.1 Å².